The molecule has 2 atom stereocenters. The van der Waals surface area contributed by atoms with E-state index in [-0.39, 0.29) is 17.9 Å². The molecule has 5 rings (SSSR count). The average Bonchev–Trinajstić information content (AvgIpc) is 3.43. The summed E-state index contributed by atoms with van der Waals surface area (Å²) in [6.45, 7) is 5.50. The Hall–Kier alpha value is -3.84. The number of halogens is 3. The number of benzene rings is 2. The third kappa shape index (κ3) is 5.11. The van der Waals surface area contributed by atoms with Crippen LogP contribution in [0.15, 0.2) is 47.0 Å². The first-order valence-electron chi connectivity index (χ1n) is 12.9. The number of hydrogen-bond acceptors (Lipinski definition) is 5. The molecule has 0 spiro atoms. The molecular weight excluding hydrogens is 507 g/mol. The summed E-state index contributed by atoms with van der Waals surface area (Å²) in [5.41, 5.74) is 1.01. The van der Waals surface area contributed by atoms with Crippen LogP contribution in [-0.2, 0) is 11.8 Å². The Kier molecular flexibility index (Phi) is 6.67. The zero-order valence-electron chi connectivity index (χ0n) is 22.2. The van der Waals surface area contributed by atoms with E-state index in [0.29, 0.717) is 46.5 Å². The minimum absolute atomic E-state index is 0.0646. The van der Waals surface area contributed by atoms with E-state index in [9.17, 15) is 23.2 Å². The van der Waals surface area contributed by atoms with E-state index in [2.05, 4.69) is 21.7 Å². The molecule has 10 heteroatoms. The summed E-state index contributed by atoms with van der Waals surface area (Å²) in [7, 11) is 1.81. The number of carbonyl (C=O) groups is 1. The van der Waals surface area contributed by atoms with Crippen molar-refractivity contribution in [3.63, 3.8) is 0 Å². The second kappa shape index (κ2) is 9.72. The van der Waals surface area contributed by atoms with Gasteiger partial charge in [-0.1, -0.05) is 32.0 Å². The molecule has 1 aliphatic rings. The number of nitrogens with one attached hydrogen (secondary N) is 2. The molecule has 0 radical (unpaired) electrons. The van der Waals surface area contributed by atoms with Gasteiger partial charge in [-0.2, -0.15) is 18.4 Å². The number of alkyl halides is 3. The van der Waals surface area contributed by atoms with Gasteiger partial charge in [0.05, 0.1) is 24.0 Å². The van der Waals surface area contributed by atoms with Crippen LogP contribution in [0.4, 0.5) is 13.2 Å². The Balaban J connectivity index is 1.64. The Bertz CT molecular complexity index is 1590. The highest BCUT2D eigenvalue weighted by Gasteiger charge is 2.47. The first-order valence-corrected chi connectivity index (χ1v) is 12.9. The van der Waals surface area contributed by atoms with Crippen molar-refractivity contribution in [1.29, 1.82) is 5.26 Å². The quantitative estimate of drug-likeness (QED) is 0.284. The molecule has 0 bridgehead atoms. The second-order valence-electron chi connectivity index (χ2n) is 10.8. The van der Waals surface area contributed by atoms with Crippen molar-refractivity contribution in [2.24, 2.45) is 13.0 Å². The smallest absolute Gasteiger partial charge is 0.407 e. The summed E-state index contributed by atoms with van der Waals surface area (Å²) in [4.78, 5) is 17.5. The number of fused-ring (bicyclic) bond motifs is 3. The Morgan fingerprint density at radius 3 is 2.54 bits per heavy atom. The molecule has 2 heterocycles. The number of rotatable bonds is 8. The van der Waals surface area contributed by atoms with E-state index >= 15 is 0 Å². The molecule has 2 N–H and O–H groups in total. The number of imidazole rings is 1. The Morgan fingerprint density at radius 1 is 1.23 bits per heavy atom. The molecule has 2 aromatic heterocycles. The summed E-state index contributed by atoms with van der Waals surface area (Å²) >= 11 is 0. The highest BCUT2D eigenvalue weighted by Crippen LogP contribution is 2.42. The average molecular weight is 538 g/mol. The first-order chi connectivity index (χ1) is 18.4. The summed E-state index contributed by atoms with van der Waals surface area (Å²) < 4.78 is 52.0. The van der Waals surface area contributed by atoms with Gasteiger partial charge in [0.25, 0.3) is 0 Å². The largest absolute Gasteiger partial charge is 0.456 e. The highest BCUT2D eigenvalue weighted by molar-refractivity contribution is 6.12. The van der Waals surface area contributed by atoms with Crippen LogP contribution in [0.1, 0.15) is 50.5 Å². The maximum absolute atomic E-state index is 14.7. The van der Waals surface area contributed by atoms with Gasteiger partial charge in [0.1, 0.15) is 28.6 Å². The number of nitrogens with zero attached hydrogens (tertiary/aromatic N) is 3. The van der Waals surface area contributed by atoms with Gasteiger partial charge in [-0.05, 0) is 55.9 Å². The molecule has 0 unspecified atom stereocenters. The van der Waals surface area contributed by atoms with Crippen LogP contribution in [0, 0.1) is 24.2 Å². The standard InChI is InChI=1S/C29H30F3N5O2/c1-16(2)11-21(27(38)36-28(15-33)9-10-28)35-26(29(30,31)32)18-12-20(22-14-34-17(3)37(22)4)25-19-7-5-6-8-23(19)39-24(25)13-18/h5-8,12-14,16,21,26,35H,9-11H2,1-4H3,(H,36,38)/t21-,26-/m0/s1. The van der Waals surface area contributed by atoms with E-state index < -0.39 is 29.7 Å². The number of carbonyl (C=O) groups excluding carboxylic acids is 1. The fourth-order valence-corrected chi connectivity index (χ4v) is 5.01. The summed E-state index contributed by atoms with van der Waals surface area (Å²) in [6.07, 6.45) is -1.94. The number of hydrogen-bond donors (Lipinski definition) is 2. The molecule has 7 nitrogen and oxygen atoms in total. The Labute approximate surface area is 224 Å². The zero-order chi connectivity index (χ0) is 28.1. The van der Waals surface area contributed by atoms with Crippen molar-refractivity contribution < 1.29 is 22.4 Å². The first kappa shape index (κ1) is 26.8. The number of nitriles is 1. The predicted molar refractivity (Wildman–Crippen MR) is 142 cm³/mol. The lowest BCUT2D eigenvalue weighted by molar-refractivity contribution is -0.161. The van der Waals surface area contributed by atoms with Crippen molar-refractivity contribution in [2.45, 2.75) is 63.8 Å². The SMILES string of the molecule is Cc1ncc(-c2cc([C@H](N[C@@H](CC(C)C)C(=O)NC3(C#N)CC3)C(F)(F)F)cc3oc4ccccc4c23)n1C. The lowest BCUT2D eigenvalue weighted by Gasteiger charge is -2.29. The van der Waals surface area contributed by atoms with E-state index in [1.54, 1.807) is 12.3 Å². The third-order valence-corrected chi connectivity index (χ3v) is 7.38. The molecule has 1 aliphatic carbocycles. The molecule has 39 heavy (non-hydrogen) atoms. The maximum Gasteiger partial charge on any atom is 0.407 e. The van der Waals surface area contributed by atoms with Crippen LogP contribution < -0.4 is 10.6 Å². The van der Waals surface area contributed by atoms with Crippen molar-refractivity contribution in [1.82, 2.24) is 20.2 Å². The van der Waals surface area contributed by atoms with Crippen LogP contribution in [0.3, 0.4) is 0 Å². The fraction of sp³-hybridized carbons (Fsp3) is 0.414. The number of aryl methyl sites for hydroxylation is 1. The predicted octanol–water partition coefficient (Wildman–Crippen LogP) is 6.08. The summed E-state index contributed by atoms with van der Waals surface area (Å²) in [6, 6.07) is 8.97. The maximum atomic E-state index is 14.7. The molecule has 1 fully saturated rings. The second-order valence-corrected chi connectivity index (χ2v) is 10.8. The van der Waals surface area contributed by atoms with Gasteiger partial charge >= 0.3 is 6.18 Å². The lowest BCUT2D eigenvalue weighted by atomic mass is 9.95. The lowest BCUT2D eigenvalue weighted by Crippen LogP contribution is -2.52. The van der Waals surface area contributed by atoms with E-state index in [0.717, 1.165) is 5.39 Å². The number of amides is 1. The fourth-order valence-electron chi connectivity index (χ4n) is 5.01. The third-order valence-electron chi connectivity index (χ3n) is 7.38. The monoisotopic (exact) mass is 537 g/mol. The van der Waals surface area contributed by atoms with Gasteiger partial charge in [0, 0.05) is 23.4 Å². The minimum atomic E-state index is -4.72. The van der Waals surface area contributed by atoms with Gasteiger partial charge in [0.2, 0.25) is 5.91 Å². The van der Waals surface area contributed by atoms with Crippen LogP contribution in [0.2, 0.25) is 0 Å². The molecule has 1 saturated carbocycles. The van der Waals surface area contributed by atoms with Crippen LogP contribution in [-0.4, -0.2) is 33.2 Å². The van der Waals surface area contributed by atoms with E-state index in [1.165, 1.54) is 12.1 Å². The van der Waals surface area contributed by atoms with Crippen molar-refractivity contribution in [3.05, 3.63) is 54.0 Å². The molecule has 4 aromatic rings. The van der Waals surface area contributed by atoms with Gasteiger partial charge in [-0.15, -0.1) is 0 Å². The molecule has 204 valence electrons. The van der Waals surface area contributed by atoms with Gasteiger partial charge in [0.15, 0.2) is 0 Å². The molecular formula is C29H30F3N5O2. The molecule has 2 aromatic carbocycles. The summed E-state index contributed by atoms with van der Waals surface area (Å²) in [5.74, 6) is 0.0384. The number of para-hydroxylation sites is 1. The van der Waals surface area contributed by atoms with Crippen LogP contribution in [0.25, 0.3) is 33.2 Å². The van der Waals surface area contributed by atoms with E-state index in [4.69, 9.17) is 4.42 Å². The van der Waals surface area contributed by atoms with Crippen molar-refractivity contribution in [2.75, 3.05) is 0 Å². The topological polar surface area (TPSA) is 95.9 Å². The van der Waals surface area contributed by atoms with Gasteiger partial charge in [-0.25, -0.2) is 4.98 Å². The molecule has 0 saturated heterocycles. The number of furan rings is 1. The van der Waals surface area contributed by atoms with Crippen LogP contribution >= 0.6 is 0 Å². The van der Waals surface area contributed by atoms with Gasteiger partial charge < -0.3 is 14.3 Å². The molecule has 1 amide bonds. The van der Waals surface area contributed by atoms with Gasteiger partial charge in [-0.3, -0.25) is 10.1 Å². The van der Waals surface area contributed by atoms with Crippen molar-refractivity contribution in [3.8, 4) is 17.3 Å². The minimum Gasteiger partial charge on any atom is -0.456 e. The van der Waals surface area contributed by atoms with Crippen LogP contribution in [0.5, 0.6) is 0 Å². The highest BCUT2D eigenvalue weighted by atomic mass is 19.4. The van der Waals surface area contributed by atoms with Crippen molar-refractivity contribution >= 4 is 27.8 Å². The normalized spacial score (nSPS) is 16.4. The molecule has 0 aliphatic heterocycles. The van der Waals surface area contributed by atoms with E-state index in [1.807, 2.05) is 50.6 Å². The number of aromatic nitrogens is 2. The Morgan fingerprint density at radius 2 is 1.95 bits per heavy atom. The summed E-state index contributed by atoms with van der Waals surface area (Å²) in [5, 5.41) is 16.1. The zero-order valence-corrected chi connectivity index (χ0v) is 22.2.